The molecular weight excluding hydrogens is 292 g/mol. The number of likely N-dealkylation sites (N-methyl/N-ethyl adjacent to an activating group) is 1. The Morgan fingerprint density at radius 3 is 2.00 bits per heavy atom. The van der Waals surface area contributed by atoms with Gasteiger partial charge in [-0.25, -0.2) is 0 Å². The molecule has 23 heavy (non-hydrogen) atoms. The average Bonchev–Trinajstić information content (AvgIpc) is 2.57. The van der Waals surface area contributed by atoms with Crippen LogP contribution in [-0.4, -0.2) is 23.2 Å². The number of phenols is 1. The van der Waals surface area contributed by atoms with E-state index in [0.717, 1.165) is 0 Å². The van der Waals surface area contributed by atoms with Gasteiger partial charge < -0.3 is 15.7 Å². The van der Waals surface area contributed by atoms with E-state index in [1.165, 1.54) is 12.1 Å². The number of carbonyl (C=O) groups excluding carboxylic acids is 2. The fraction of sp³-hybridized carbons (Fsp3) is 0.111. The van der Waals surface area contributed by atoms with Crippen LogP contribution in [0.3, 0.4) is 0 Å². The Labute approximate surface area is 133 Å². The Kier molecular flexibility index (Phi) is 3.85. The van der Waals surface area contributed by atoms with Crippen molar-refractivity contribution in [3.05, 3.63) is 71.1 Å². The number of ketones is 2. The van der Waals surface area contributed by atoms with Crippen LogP contribution in [0.2, 0.25) is 0 Å². The fourth-order valence-electron chi connectivity index (χ4n) is 2.53. The summed E-state index contributed by atoms with van der Waals surface area (Å²) in [4.78, 5) is 25.4. The van der Waals surface area contributed by atoms with Crippen molar-refractivity contribution in [1.29, 1.82) is 0 Å². The maximum atomic E-state index is 12.8. The molecule has 0 spiro atoms. The van der Waals surface area contributed by atoms with E-state index >= 15 is 0 Å². The van der Waals surface area contributed by atoms with Crippen LogP contribution >= 0.6 is 0 Å². The maximum absolute atomic E-state index is 12.8. The van der Waals surface area contributed by atoms with Crippen LogP contribution in [-0.2, 0) is 0 Å². The lowest BCUT2D eigenvalue weighted by atomic mass is 9.90. The van der Waals surface area contributed by atoms with Gasteiger partial charge in [-0.3, -0.25) is 9.59 Å². The van der Waals surface area contributed by atoms with Crippen LogP contribution in [0.25, 0.3) is 0 Å². The molecular formula is C18H16N2O3. The van der Waals surface area contributed by atoms with Gasteiger partial charge in [0.2, 0.25) is 11.6 Å². The molecule has 3 N–H and O–H groups in total. The second-order valence-corrected chi connectivity index (χ2v) is 5.16. The summed E-state index contributed by atoms with van der Waals surface area (Å²) < 4.78 is 0. The Balaban J connectivity index is 2.06. The highest BCUT2D eigenvalue weighted by molar-refractivity contribution is 6.27. The number of fused-ring (bicyclic) bond motifs is 1. The van der Waals surface area contributed by atoms with Gasteiger partial charge in [0.05, 0.1) is 0 Å². The van der Waals surface area contributed by atoms with E-state index in [2.05, 4.69) is 10.6 Å². The highest BCUT2D eigenvalue weighted by Gasteiger charge is 2.31. The highest BCUT2D eigenvalue weighted by Crippen LogP contribution is 2.26. The van der Waals surface area contributed by atoms with E-state index in [0.29, 0.717) is 23.4 Å². The van der Waals surface area contributed by atoms with Gasteiger partial charge in [-0.2, -0.15) is 0 Å². The monoisotopic (exact) mass is 308 g/mol. The fourth-order valence-corrected chi connectivity index (χ4v) is 2.53. The summed E-state index contributed by atoms with van der Waals surface area (Å²) in [6.07, 6.45) is 0. The number of nitrogens with one attached hydrogen (secondary N) is 2. The van der Waals surface area contributed by atoms with Crippen molar-refractivity contribution in [1.82, 2.24) is 5.32 Å². The molecule has 2 aromatic rings. The van der Waals surface area contributed by atoms with Gasteiger partial charge in [-0.15, -0.1) is 0 Å². The van der Waals surface area contributed by atoms with Crippen molar-refractivity contribution in [2.24, 2.45) is 0 Å². The molecule has 0 unspecified atom stereocenters. The normalized spacial score (nSPS) is 13.8. The van der Waals surface area contributed by atoms with E-state index in [-0.39, 0.29) is 28.7 Å². The number of carbonyl (C=O) groups is 2. The van der Waals surface area contributed by atoms with Crippen molar-refractivity contribution in [3.8, 4) is 5.75 Å². The van der Waals surface area contributed by atoms with E-state index < -0.39 is 0 Å². The van der Waals surface area contributed by atoms with Crippen LogP contribution in [0.4, 0.5) is 5.69 Å². The number of aromatic hydroxyl groups is 1. The Morgan fingerprint density at radius 2 is 1.43 bits per heavy atom. The summed E-state index contributed by atoms with van der Waals surface area (Å²) in [7, 11) is 0. The molecule has 0 amide bonds. The van der Waals surface area contributed by atoms with Crippen LogP contribution in [0.15, 0.2) is 59.9 Å². The predicted molar refractivity (Wildman–Crippen MR) is 87.5 cm³/mol. The summed E-state index contributed by atoms with van der Waals surface area (Å²) in [5.74, 6) is -0.305. The zero-order valence-electron chi connectivity index (χ0n) is 12.6. The summed E-state index contributed by atoms with van der Waals surface area (Å²) in [6, 6.07) is 13.1. The quantitative estimate of drug-likeness (QED) is 0.757. The zero-order valence-corrected chi connectivity index (χ0v) is 12.6. The van der Waals surface area contributed by atoms with Gasteiger partial charge in [-0.05, 0) is 31.2 Å². The molecule has 3 rings (SSSR count). The largest absolute Gasteiger partial charge is 0.508 e. The van der Waals surface area contributed by atoms with Gasteiger partial charge in [0.15, 0.2) is 0 Å². The third-order valence-corrected chi connectivity index (χ3v) is 3.61. The first kappa shape index (κ1) is 14.8. The number of anilines is 1. The van der Waals surface area contributed by atoms with Crippen LogP contribution in [0.1, 0.15) is 27.6 Å². The van der Waals surface area contributed by atoms with Gasteiger partial charge in [0, 0.05) is 23.4 Å². The minimum Gasteiger partial charge on any atom is -0.508 e. The number of rotatable bonds is 4. The molecule has 0 atom stereocenters. The van der Waals surface area contributed by atoms with E-state index in [4.69, 9.17) is 0 Å². The predicted octanol–water partition coefficient (Wildman–Crippen LogP) is 2.70. The number of hydrogen-bond donors (Lipinski definition) is 3. The first-order valence-corrected chi connectivity index (χ1v) is 7.34. The molecule has 0 saturated carbocycles. The Morgan fingerprint density at radius 1 is 0.870 bits per heavy atom. The van der Waals surface area contributed by atoms with Gasteiger partial charge in [0.1, 0.15) is 17.1 Å². The molecule has 1 aliphatic rings. The third kappa shape index (κ3) is 2.68. The molecule has 0 fully saturated rings. The zero-order chi connectivity index (χ0) is 16.4. The van der Waals surface area contributed by atoms with Crippen LogP contribution in [0, 0.1) is 0 Å². The van der Waals surface area contributed by atoms with E-state index in [1.54, 1.807) is 36.4 Å². The second-order valence-electron chi connectivity index (χ2n) is 5.16. The van der Waals surface area contributed by atoms with Gasteiger partial charge in [-0.1, -0.05) is 24.3 Å². The molecule has 0 aliphatic heterocycles. The first-order valence-electron chi connectivity index (χ1n) is 7.34. The molecule has 0 bridgehead atoms. The SMILES string of the molecule is CCNC1=C(Nc2ccc(O)cc2)C(=O)c2ccccc2C1=O. The molecule has 0 aromatic heterocycles. The van der Waals surface area contributed by atoms with Crippen LogP contribution < -0.4 is 10.6 Å². The van der Waals surface area contributed by atoms with Crippen LogP contribution in [0.5, 0.6) is 5.75 Å². The Bertz CT molecular complexity index is 807. The summed E-state index contributed by atoms with van der Waals surface area (Å²) in [5, 5.41) is 15.3. The highest BCUT2D eigenvalue weighted by atomic mass is 16.3. The average molecular weight is 308 g/mol. The van der Waals surface area contributed by atoms with E-state index in [9.17, 15) is 14.7 Å². The summed E-state index contributed by atoms with van der Waals surface area (Å²) >= 11 is 0. The standard InChI is InChI=1S/C18H16N2O3/c1-2-19-15-16(20-11-7-9-12(21)10-8-11)18(23)14-6-4-3-5-13(14)17(15)22/h3-10,19-21H,2H2,1H3. The van der Waals surface area contributed by atoms with Gasteiger partial charge in [0.25, 0.3) is 0 Å². The molecule has 5 nitrogen and oxygen atoms in total. The molecule has 0 saturated heterocycles. The van der Waals surface area contributed by atoms with Crippen molar-refractivity contribution in [2.45, 2.75) is 6.92 Å². The summed E-state index contributed by atoms with van der Waals surface area (Å²) in [6.45, 7) is 2.39. The molecule has 116 valence electrons. The number of Topliss-reactive ketones (excluding diaryl/α,β-unsaturated/α-hetero) is 2. The second kappa shape index (κ2) is 5.96. The molecule has 2 aromatic carbocycles. The van der Waals surface area contributed by atoms with Gasteiger partial charge >= 0.3 is 0 Å². The molecule has 0 heterocycles. The molecule has 0 radical (unpaired) electrons. The summed E-state index contributed by atoms with van der Waals surface area (Å²) in [5.41, 5.74) is 1.91. The number of phenolic OH excluding ortho intramolecular Hbond substituents is 1. The molecule has 1 aliphatic carbocycles. The topological polar surface area (TPSA) is 78.4 Å². The third-order valence-electron chi connectivity index (χ3n) is 3.61. The van der Waals surface area contributed by atoms with Crippen molar-refractivity contribution >= 4 is 17.3 Å². The number of benzene rings is 2. The van der Waals surface area contributed by atoms with Crippen molar-refractivity contribution < 1.29 is 14.7 Å². The van der Waals surface area contributed by atoms with E-state index in [1.807, 2.05) is 6.92 Å². The smallest absolute Gasteiger partial charge is 0.212 e. The number of hydrogen-bond acceptors (Lipinski definition) is 5. The van der Waals surface area contributed by atoms with Crippen molar-refractivity contribution in [3.63, 3.8) is 0 Å². The lowest BCUT2D eigenvalue weighted by Crippen LogP contribution is -2.33. The number of allylic oxidation sites excluding steroid dienone is 2. The molecule has 5 heteroatoms. The van der Waals surface area contributed by atoms with Crippen molar-refractivity contribution in [2.75, 3.05) is 11.9 Å². The maximum Gasteiger partial charge on any atom is 0.212 e. The minimum atomic E-state index is -0.232. The lowest BCUT2D eigenvalue weighted by Gasteiger charge is -2.22. The Hall–Kier alpha value is -3.08. The first-order chi connectivity index (χ1) is 11.1. The lowest BCUT2D eigenvalue weighted by molar-refractivity contribution is 0.0970. The minimum absolute atomic E-state index is 0.132.